The number of aromatic nitrogens is 2. The fourth-order valence-electron chi connectivity index (χ4n) is 2.30. The number of H-pyrrole nitrogens is 1. The summed E-state index contributed by atoms with van der Waals surface area (Å²) in [5.74, 6) is 0.552. The van der Waals surface area contributed by atoms with Gasteiger partial charge in [0.15, 0.2) is 0 Å². The van der Waals surface area contributed by atoms with E-state index in [1.807, 2.05) is 6.20 Å². The van der Waals surface area contributed by atoms with Gasteiger partial charge in [-0.3, -0.25) is 4.79 Å². The first-order valence-corrected chi connectivity index (χ1v) is 7.45. The van der Waals surface area contributed by atoms with Crippen molar-refractivity contribution in [2.45, 2.75) is 71.3 Å². The van der Waals surface area contributed by atoms with Gasteiger partial charge in [0.1, 0.15) is 12.4 Å². The van der Waals surface area contributed by atoms with Crippen LogP contribution in [0.1, 0.15) is 63.6 Å². The van der Waals surface area contributed by atoms with Crippen LogP contribution in [0.25, 0.3) is 0 Å². The maximum atomic E-state index is 10.3. The van der Waals surface area contributed by atoms with Gasteiger partial charge in [-0.25, -0.2) is 9.55 Å². The van der Waals surface area contributed by atoms with Gasteiger partial charge in [-0.2, -0.15) is 0 Å². The lowest BCUT2D eigenvalue weighted by Crippen LogP contribution is -3.00. The van der Waals surface area contributed by atoms with Gasteiger partial charge in [0.05, 0.1) is 6.54 Å². The third-order valence-corrected chi connectivity index (χ3v) is 3.52. The summed E-state index contributed by atoms with van der Waals surface area (Å²) in [6.45, 7) is 3.20. The third kappa shape index (κ3) is 9.13. The van der Waals surface area contributed by atoms with Crippen LogP contribution in [0.3, 0.4) is 0 Å². The molecule has 2 N–H and O–H groups in total. The summed E-state index contributed by atoms with van der Waals surface area (Å²) in [7, 11) is 0. The Balaban J connectivity index is 0.00000361. The van der Waals surface area contributed by atoms with E-state index in [0.717, 1.165) is 19.4 Å². The summed E-state index contributed by atoms with van der Waals surface area (Å²) in [6, 6.07) is 0. The topological polar surface area (TPSA) is 57.0 Å². The number of nitrogens with zero attached hydrogens (tertiary/aromatic N) is 1. The molecule has 0 aromatic carbocycles. The Morgan fingerprint density at radius 2 is 1.65 bits per heavy atom. The summed E-state index contributed by atoms with van der Waals surface area (Å²) in [6.07, 6.45) is 13.8. The summed E-state index contributed by atoms with van der Waals surface area (Å²) < 4.78 is 2.26. The third-order valence-electron chi connectivity index (χ3n) is 3.52. The van der Waals surface area contributed by atoms with E-state index in [1.165, 1.54) is 44.3 Å². The number of imidazole rings is 1. The quantitative estimate of drug-likeness (QED) is 0.444. The van der Waals surface area contributed by atoms with Gasteiger partial charge in [0, 0.05) is 13.3 Å². The SMILES string of the molecule is Cc1[nH]cc[n+]1CCCCCCCCCCC(=O)O.[Br-]. The second-order valence-electron chi connectivity index (χ2n) is 5.21. The predicted molar refractivity (Wildman–Crippen MR) is 74.9 cm³/mol. The van der Waals surface area contributed by atoms with Gasteiger partial charge in [-0.05, 0) is 19.3 Å². The van der Waals surface area contributed by atoms with Crippen molar-refractivity contribution in [3.63, 3.8) is 0 Å². The van der Waals surface area contributed by atoms with Gasteiger partial charge in [0.2, 0.25) is 0 Å². The first-order chi connectivity index (χ1) is 9.20. The highest BCUT2D eigenvalue weighted by molar-refractivity contribution is 5.66. The smallest absolute Gasteiger partial charge is 0.303 e. The van der Waals surface area contributed by atoms with Crippen molar-refractivity contribution < 1.29 is 31.4 Å². The average Bonchev–Trinajstić information content (AvgIpc) is 2.77. The summed E-state index contributed by atoms with van der Waals surface area (Å²) in [4.78, 5) is 13.5. The van der Waals surface area contributed by atoms with E-state index >= 15 is 0 Å². The van der Waals surface area contributed by atoms with Gasteiger partial charge in [-0.15, -0.1) is 0 Å². The van der Waals surface area contributed by atoms with E-state index in [9.17, 15) is 4.79 Å². The number of aryl methyl sites for hydroxylation is 2. The molecule has 0 saturated heterocycles. The largest absolute Gasteiger partial charge is 1.00 e. The number of aliphatic carboxylic acids is 1. The van der Waals surface area contributed by atoms with Crippen LogP contribution < -0.4 is 21.5 Å². The number of halogens is 1. The maximum absolute atomic E-state index is 10.3. The second-order valence-corrected chi connectivity index (χ2v) is 5.21. The Kier molecular flexibility index (Phi) is 11.4. The second kappa shape index (κ2) is 11.9. The van der Waals surface area contributed by atoms with Crippen LogP contribution in [-0.4, -0.2) is 16.1 Å². The Hall–Kier alpha value is -0.840. The number of carboxylic acid groups (broad SMARTS) is 1. The molecule has 0 radical (unpaired) electrons. The van der Waals surface area contributed by atoms with Crippen LogP contribution >= 0.6 is 0 Å². The summed E-state index contributed by atoms with van der Waals surface area (Å²) >= 11 is 0. The Labute approximate surface area is 132 Å². The van der Waals surface area contributed by atoms with Gasteiger partial charge in [-0.1, -0.05) is 32.1 Å². The fourth-order valence-corrected chi connectivity index (χ4v) is 2.30. The van der Waals surface area contributed by atoms with Crippen molar-refractivity contribution in [2.75, 3.05) is 0 Å². The molecule has 1 aromatic rings. The number of aromatic amines is 1. The van der Waals surface area contributed by atoms with E-state index in [-0.39, 0.29) is 17.0 Å². The lowest BCUT2D eigenvalue weighted by molar-refractivity contribution is -0.702. The number of unbranched alkanes of at least 4 members (excludes halogenated alkanes) is 7. The number of carbonyl (C=O) groups is 1. The zero-order valence-electron chi connectivity index (χ0n) is 12.4. The van der Waals surface area contributed by atoms with Crippen LogP contribution in [0.2, 0.25) is 0 Å². The minimum absolute atomic E-state index is 0. The zero-order chi connectivity index (χ0) is 13.9. The standard InChI is InChI=1S/C15H26N2O2.BrH/c1-14-16-11-13-17(14)12-9-7-5-3-2-4-6-8-10-15(18)19;/h11,13H,2-10,12H2,1H3,(H,18,19);1H. The molecule has 116 valence electrons. The van der Waals surface area contributed by atoms with Crippen molar-refractivity contribution in [1.82, 2.24) is 4.98 Å². The van der Waals surface area contributed by atoms with Crippen LogP contribution in [0.4, 0.5) is 0 Å². The Bertz CT molecular complexity index is 367. The lowest BCUT2D eigenvalue weighted by Gasteiger charge is -2.01. The zero-order valence-corrected chi connectivity index (χ0v) is 14.0. The van der Waals surface area contributed by atoms with Gasteiger partial charge in [0.25, 0.3) is 5.82 Å². The molecular formula is C15H27BrN2O2. The molecule has 0 unspecified atom stereocenters. The highest BCUT2D eigenvalue weighted by Crippen LogP contribution is 2.09. The van der Waals surface area contributed by atoms with Crippen molar-refractivity contribution in [3.05, 3.63) is 18.2 Å². The monoisotopic (exact) mass is 346 g/mol. The lowest BCUT2D eigenvalue weighted by atomic mass is 10.1. The van der Waals surface area contributed by atoms with E-state index in [2.05, 4.69) is 22.7 Å². The Morgan fingerprint density at radius 3 is 2.15 bits per heavy atom. The van der Waals surface area contributed by atoms with Crippen molar-refractivity contribution >= 4 is 5.97 Å². The average molecular weight is 347 g/mol. The predicted octanol–water partition coefficient (Wildman–Crippen LogP) is 0.210. The maximum Gasteiger partial charge on any atom is 0.303 e. The molecule has 0 aliphatic carbocycles. The molecule has 0 amide bonds. The normalized spacial score (nSPS) is 10.2. The molecule has 0 aliphatic rings. The van der Waals surface area contributed by atoms with Crippen molar-refractivity contribution in [2.24, 2.45) is 0 Å². The minimum atomic E-state index is -0.669. The number of hydrogen-bond acceptors (Lipinski definition) is 1. The van der Waals surface area contributed by atoms with Crippen molar-refractivity contribution in [3.8, 4) is 0 Å². The first kappa shape index (κ1) is 19.2. The highest BCUT2D eigenvalue weighted by atomic mass is 79.9. The number of carboxylic acids is 1. The van der Waals surface area contributed by atoms with E-state index in [1.54, 1.807) is 0 Å². The molecule has 0 fully saturated rings. The van der Waals surface area contributed by atoms with Crippen LogP contribution in [0.15, 0.2) is 12.4 Å². The molecule has 0 saturated carbocycles. The van der Waals surface area contributed by atoms with E-state index < -0.39 is 5.97 Å². The fraction of sp³-hybridized carbons (Fsp3) is 0.733. The van der Waals surface area contributed by atoms with Crippen LogP contribution in [-0.2, 0) is 11.3 Å². The number of rotatable bonds is 11. The van der Waals surface area contributed by atoms with Gasteiger partial charge >= 0.3 is 5.97 Å². The molecule has 20 heavy (non-hydrogen) atoms. The molecule has 0 spiro atoms. The minimum Gasteiger partial charge on any atom is -1.00 e. The molecule has 1 heterocycles. The molecule has 1 rings (SSSR count). The van der Waals surface area contributed by atoms with Crippen LogP contribution in [0.5, 0.6) is 0 Å². The molecule has 1 aromatic heterocycles. The number of hydrogen-bond donors (Lipinski definition) is 2. The molecule has 5 heteroatoms. The first-order valence-electron chi connectivity index (χ1n) is 7.45. The van der Waals surface area contributed by atoms with Crippen molar-refractivity contribution in [1.29, 1.82) is 0 Å². The summed E-state index contributed by atoms with van der Waals surface area (Å²) in [5, 5.41) is 8.51. The molecular weight excluding hydrogens is 320 g/mol. The molecule has 0 atom stereocenters. The highest BCUT2D eigenvalue weighted by Gasteiger charge is 2.03. The van der Waals surface area contributed by atoms with Gasteiger partial charge < -0.3 is 22.1 Å². The van der Waals surface area contributed by atoms with E-state index in [4.69, 9.17) is 5.11 Å². The molecule has 4 nitrogen and oxygen atoms in total. The Morgan fingerprint density at radius 1 is 1.10 bits per heavy atom. The summed E-state index contributed by atoms with van der Waals surface area (Å²) in [5.41, 5.74) is 0. The molecule has 0 bridgehead atoms. The van der Waals surface area contributed by atoms with E-state index in [0.29, 0.717) is 6.42 Å². The number of nitrogens with one attached hydrogen (secondary N) is 1. The van der Waals surface area contributed by atoms with Crippen LogP contribution in [0, 0.1) is 6.92 Å². The molecule has 0 aliphatic heterocycles.